The number of esters is 2. The summed E-state index contributed by atoms with van der Waals surface area (Å²) in [6.07, 6.45) is 0.170. The van der Waals surface area contributed by atoms with E-state index >= 15 is 0 Å². The molecule has 0 radical (unpaired) electrons. The molecule has 1 unspecified atom stereocenters. The van der Waals surface area contributed by atoms with Gasteiger partial charge in [-0.05, 0) is 46.5 Å². The quantitative estimate of drug-likeness (QED) is 0.374. The van der Waals surface area contributed by atoms with Crippen LogP contribution in [0, 0.1) is 5.41 Å². The lowest BCUT2D eigenvalue weighted by molar-refractivity contribution is -0.150. The van der Waals surface area contributed by atoms with Gasteiger partial charge in [-0.2, -0.15) is 0 Å². The Kier molecular flexibility index (Phi) is 9.92. The van der Waals surface area contributed by atoms with Crippen LogP contribution in [0.1, 0.15) is 61.3 Å². The summed E-state index contributed by atoms with van der Waals surface area (Å²) in [4.78, 5) is 24.6. The molecule has 0 aliphatic carbocycles. The summed E-state index contributed by atoms with van der Waals surface area (Å²) in [7, 11) is -3.81. The normalized spacial score (nSPS) is 14.7. The molecule has 25 heavy (non-hydrogen) atoms. The van der Waals surface area contributed by atoms with Gasteiger partial charge in [0, 0.05) is 0 Å². The largest absolute Gasteiger partial charge is 0.466 e. The Morgan fingerprint density at radius 3 is 1.72 bits per heavy atom. The second-order valence-electron chi connectivity index (χ2n) is 6.65. The van der Waals surface area contributed by atoms with Crippen molar-refractivity contribution in [2.45, 2.75) is 66.5 Å². The van der Waals surface area contributed by atoms with Gasteiger partial charge in [0.05, 0.1) is 32.8 Å². The Hall–Kier alpha value is -0.910. The molecular formula is C17H33O7P. The number of hydrogen-bond donors (Lipinski definition) is 0. The highest BCUT2D eigenvalue weighted by Crippen LogP contribution is 2.64. The van der Waals surface area contributed by atoms with Crippen molar-refractivity contribution in [3.05, 3.63) is 0 Å². The minimum Gasteiger partial charge on any atom is -0.466 e. The first-order valence-corrected chi connectivity index (χ1v) is 10.3. The molecule has 0 bridgehead atoms. The van der Waals surface area contributed by atoms with Gasteiger partial charge in [-0.25, -0.2) is 0 Å². The van der Waals surface area contributed by atoms with Crippen LogP contribution < -0.4 is 0 Å². The SMILES string of the molecule is CCOC(=O)CC(C)(C)CC(C)(C(=O)OCC)P(=O)(OCC)OCC. The summed E-state index contributed by atoms with van der Waals surface area (Å²) in [5, 5.41) is -1.52. The van der Waals surface area contributed by atoms with Crippen molar-refractivity contribution in [2.75, 3.05) is 26.4 Å². The molecule has 148 valence electrons. The van der Waals surface area contributed by atoms with E-state index in [1.165, 1.54) is 6.92 Å². The fourth-order valence-electron chi connectivity index (χ4n) is 2.83. The van der Waals surface area contributed by atoms with Gasteiger partial charge in [-0.15, -0.1) is 0 Å². The fourth-order valence-corrected chi connectivity index (χ4v) is 5.06. The molecule has 0 aliphatic heterocycles. The molecule has 0 aromatic carbocycles. The van der Waals surface area contributed by atoms with Gasteiger partial charge in [0.15, 0.2) is 5.16 Å². The monoisotopic (exact) mass is 380 g/mol. The average molecular weight is 380 g/mol. The summed E-state index contributed by atoms with van der Waals surface area (Å²) in [6, 6.07) is 0. The number of carbonyl (C=O) groups excluding carboxylic acids is 2. The van der Waals surface area contributed by atoms with Crippen LogP contribution in [0.25, 0.3) is 0 Å². The third-order valence-corrected chi connectivity index (χ3v) is 6.41. The van der Waals surface area contributed by atoms with Gasteiger partial charge in [0.1, 0.15) is 0 Å². The van der Waals surface area contributed by atoms with Crippen LogP contribution in [0.2, 0.25) is 0 Å². The van der Waals surface area contributed by atoms with Crippen LogP contribution in [-0.4, -0.2) is 43.5 Å². The van der Waals surface area contributed by atoms with Crippen LogP contribution in [0.3, 0.4) is 0 Å². The molecular weight excluding hydrogens is 347 g/mol. The van der Waals surface area contributed by atoms with Crippen molar-refractivity contribution < 1.29 is 32.7 Å². The van der Waals surface area contributed by atoms with Gasteiger partial charge in [0.2, 0.25) is 0 Å². The summed E-state index contributed by atoms with van der Waals surface area (Å²) in [5.41, 5.74) is -0.669. The van der Waals surface area contributed by atoms with Crippen molar-refractivity contribution in [3.8, 4) is 0 Å². The predicted molar refractivity (Wildman–Crippen MR) is 95.5 cm³/mol. The van der Waals surface area contributed by atoms with E-state index in [2.05, 4.69) is 0 Å². The van der Waals surface area contributed by atoms with E-state index in [1.807, 2.05) is 13.8 Å². The Morgan fingerprint density at radius 2 is 1.32 bits per heavy atom. The number of carbonyl (C=O) groups is 2. The molecule has 0 heterocycles. The Labute approximate surface area is 151 Å². The first kappa shape index (κ1) is 24.1. The molecule has 0 fully saturated rings. The maximum atomic E-state index is 13.4. The summed E-state index contributed by atoms with van der Waals surface area (Å²) < 4.78 is 34.4. The lowest BCUT2D eigenvalue weighted by Gasteiger charge is -2.38. The highest BCUT2D eigenvalue weighted by Gasteiger charge is 2.56. The van der Waals surface area contributed by atoms with Gasteiger partial charge in [0.25, 0.3) is 0 Å². The van der Waals surface area contributed by atoms with Crippen LogP contribution >= 0.6 is 7.60 Å². The molecule has 0 N–H and O–H groups in total. The van der Waals surface area contributed by atoms with Crippen molar-refractivity contribution in [2.24, 2.45) is 5.41 Å². The maximum absolute atomic E-state index is 13.4. The van der Waals surface area contributed by atoms with Gasteiger partial charge in [-0.3, -0.25) is 14.2 Å². The van der Waals surface area contributed by atoms with Crippen molar-refractivity contribution in [3.63, 3.8) is 0 Å². The highest BCUT2D eigenvalue weighted by molar-refractivity contribution is 7.56. The standard InChI is InChI=1S/C17H33O7P/c1-8-21-14(18)12-16(5,6)13-17(7,15(19)22-9-2)25(20,23-10-3)24-11-4/h8-13H2,1-7H3. The lowest BCUT2D eigenvalue weighted by atomic mass is 9.80. The Morgan fingerprint density at radius 1 is 0.840 bits per heavy atom. The Bertz CT molecular complexity index is 479. The second kappa shape index (κ2) is 10.3. The van der Waals surface area contributed by atoms with Gasteiger partial charge in [-0.1, -0.05) is 13.8 Å². The molecule has 0 saturated heterocycles. The third kappa shape index (κ3) is 6.72. The lowest BCUT2D eigenvalue weighted by Crippen LogP contribution is -2.43. The Balaban J connectivity index is 5.78. The highest BCUT2D eigenvalue weighted by atomic mass is 31.2. The molecule has 0 aromatic rings. The zero-order valence-electron chi connectivity index (χ0n) is 16.5. The van der Waals surface area contributed by atoms with Crippen molar-refractivity contribution in [1.29, 1.82) is 0 Å². The summed E-state index contributed by atoms with van der Waals surface area (Å²) in [5.74, 6) is -1.03. The van der Waals surface area contributed by atoms with E-state index < -0.39 is 24.1 Å². The van der Waals surface area contributed by atoms with E-state index in [0.29, 0.717) is 0 Å². The first-order chi connectivity index (χ1) is 11.5. The molecule has 8 heteroatoms. The van der Waals surface area contributed by atoms with Gasteiger partial charge >= 0.3 is 19.5 Å². The van der Waals surface area contributed by atoms with Crippen LogP contribution in [0.5, 0.6) is 0 Å². The second-order valence-corrected chi connectivity index (χ2v) is 9.15. The molecule has 0 aliphatic rings. The number of ether oxygens (including phenoxy) is 2. The number of hydrogen-bond acceptors (Lipinski definition) is 7. The van der Waals surface area contributed by atoms with E-state index in [0.717, 1.165) is 0 Å². The fraction of sp³-hybridized carbons (Fsp3) is 0.882. The minimum atomic E-state index is -3.81. The predicted octanol–water partition coefficient (Wildman–Crippen LogP) is 3.94. The van der Waals surface area contributed by atoms with E-state index in [-0.39, 0.29) is 45.2 Å². The third-order valence-electron chi connectivity index (χ3n) is 3.67. The minimum absolute atomic E-state index is 0.0775. The molecule has 0 amide bonds. The zero-order chi connectivity index (χ0) is 19.7. The average Bonchev–Trinajstić information content (AvgIpc) is 2.46. The molecule has 1 atom stereocenters. The maximum Gasteiger partial charge on any atom is 0.347 e. The molecule has 7 nitrogen and oxygen atoms in total. The van der Waals surface area contributed by atoms with Crippen molar-refractivity contribution >= 4 is 19.5 Å². The van der Waals surface area contributed by atoms with Crippen LogP contribution in [0.4, 0.5) is 0 Å². The number of rotatable bonds is 12. The van der Waals surface area contributed by atoms with E-state index in [1.54, 1.807) is 27.7 Å². The molecule has 0 saturated carbocycles. The van der Waals surface area contributed by atoms with E-state index in [9.17, 15) is 14.2 Å². The van der Waals surface area contributed by atoms with Crippen molar-refractivity contribution in [1.82, 2.24) is 0 Å². The smallest absolute Gasteiger partial charge is 0.347 e. The van der Waals surface area contributed by atoms with Gasteiger partial charge < -0.3 is 18.5 Å². The summed E-state index contributed by atoms with van der Waals surface area (Å²) >= 11 is 0. The van der Waals surface area contributed by atoms with E-state index in [4.69, 9.17) is 18.5 Å². The van der Waals surface area contributed by atoms with Crippen LogP contribution in [0.15, 0.2) is 0 Å². The topological polar surface area (TPSA) is 88.1 Å². The molecule has 0 rings (SSSR count). The molecule has 0 spiro atoms. The summed E-state index contributed by atoms with van der Waals surface area (Å²) in [6.45, 7) is 12.6. The zero-order valence-corrected chi connectivity index (χ0v) is 17.4. The molecule has 0 aromatic heterocycles. The first-order valence-electron chi connectivity index (χ1n) is 8.74. The van der Waals surface area contributed by atoms with Crippen LogP contribution in [-0.2, 0) is 32.7 Å².